The number of rotatable bonds is 1. The van der Waals surface area contributed by atoms with E-state index in [1.54, 1.807) is 0 Å². The van der Waals surface area contributed by atoms with Gasteiger partial charge in [-0.3, -0.25) is 4.90 Å². The molecule has 2 heteroatoms. The Kier molecular flexibility index (Phi) is 2.29. The molecule has 2 saturated heterocycles. The van der Waals surface area contributed by atoms with Gasteiger partial charge in [0.2, 0.25) is 0 Å². The molecule has 4 unspecified atom stereocenters. The minimum Gasteiger partial charge on any atom is -0.316 e. The van der Waals surface area contributed by atoms with E-state index in [0.29, 0.717) is 0 Å². The van der Waals surface area contributed by atoms with Gasteiger partial charge in [-0.1, -0.05) is 6.92 Å². The number of nitrogens with one attached hydrogen (secondary N) is 1. The van der Waals surface area contributed by atoms with Crippen LogP contribution in [0.15, 0.2) is 0 Å². The van der Waals surface area contributed by atoms with Crippen LogP contribution in [0.25, 0.3) is 0 Å². The Morgan fingerprint density at radius 1 is 1.07 bits per heavy atom. The third kappa shape index (κ3) is 1.40. The number of nitrogens with zero attached hydrogens (tertiary/aromatic N) is 1. The SMILES string of the molecule is CC1CCC1N1CCC2CNCC2C1. The van der Waals surface area contributed by atoms with E-state index < -0.39 is 0 Å². The first-order valence-electron chi connectivity index (χ1n) is 6.29. The molecule has 3 aliphatic rings. The van der Waals surface area contributed by atoms with E-state index in [9.17, 15) is 0 Å². The van der Waals surface area contributed by atoms with Gasteiger partial charge in [0.15, 0.2) is 0 Å². The number of likely N-dealkylation sites (tertiary alicyclic amines) is 1. The molecule has 4 atom stereocenters. The smallest absolute Gasteiger partial charge is 0.0121 e. The van der Waals surface area contributed by atoms with Crippen molar-refractivity contribution in [3.8, 4) is 0 Å². The summed E-state index contributed by atoms with van der Waals surface area (Å²) in [5, 5.41) is 3.54. The number of fused-ring (bicyclic) bond motifs is 1. The van der Waals surface area contributed by atoms with Crippen molar-refractivity contribution < 1.29 is 0 Å². The Balaban J connectivity index is 1.61. The van der Waals surface area contributed by atoms with Gasteiger partial charge < -0.3 is 5.32 Å². The maximum Gasteiger partial charge on any atom is 0.0121 e. The van der Waals surface area contributed by atoms with Crippen LogP contribution >= 0.6 is 0 Å². The van der Waals surface area contributed by atoms with Crippen LogP contribution in [0.3, 0.4) is 0 Å². The summed E-state index contributed by atoms with van der Waals surface area (Å²) in [6.07, 6.45) is 4.38. The second kappa shape index (κ2) is 3.49. The molecule has 80 valence electrons. The normalized spacial score (nSPS) is 48.6. The minimum atomic E-state index is 0.941. The summed E-state index contributed by atoms with van der Waals surface area (Å²) in [6, 6.07) is 0.941. The maximum atomic E-state index is 3.54. The molecule has 2 nitrogen and oxygen atoms in total. The highest BCUT2D eigenvalue weighted by Gasteiger charge is 2.39. The summed E-state index contributed by atoms with van der Waals surface area (Å²) in [5.41, 5.74) is 0. The lowest BCUT2D eigenvalue weighted by Gasteiger charge is -2.47. The van der Waals surface area contributed by atoms with Crippen molar-refractivity contribution in [3.05, 3.63) is 0 Å². The predicted molar refractivity (Wildman–Crippen MR) is 58.2 cm³/mol. The average Bonchev–Trinajstić information content (AvgIpc) is 2.62. The second-order valence-electron chi connectivity index (χ2n) is 5.58. The van der Waals surface area contributed by atoms with Gasteiger partial charge in [0.05, 0.1) is 0 Å². The molecule has 1 aliphatic carbocycles. The van der Waals surface area contributed by atoms with Crippen molar-refractivity contribution in [1.82, 2.24) is 10.2 Å². The first-order chi connectivity index (χ1) is 6.84. The van der Waals surface area contributed by atoms with E-state index in [2.05, 4.69) is 17.1 Å². The van der Waals surface area contributed by atoms with Gasteiger partial charge in [-0.2, -0.15) is 0 Å². The lowest BCUT2D eigenvalue weighted by Crippen LogP contribution is -2.51. The van der Waals surface area contributed by atoms with Crippen LogP contribution in [0, 0.1) is 17.8 Å². The third-order valence-electron chi connectivity index (χ3n) is 4.78. The lowest BCUT2D eigenvalue weighted by molar-refractivity contribution is 0.0266. The minimum absolute atomic E-state index is 0.941. The van der Waals surface area contributed by atoms with E-state index in [1.807, 2.05) is 0 Å². The quantitative estimate of drug-likeness (QED) is 0.677. The fraction of sp³-hybridized carbons (Fsp3) is 1.00. The molecule has 2 heterocycles. The topological polar surface area (TPSA) is 15.3 Å². The zero-order chi connectivity index (χ0) is 9.54. The molecule has 0 aromatic heterocycles. The Hall–Kier alpha value is -0.0800. The average molecular weight is 194 g/mol. The summed E-state index contributed by atoms with van der Waals surface area (Å²) in [7, 11) is 0. The zero-order valence-corrected chi connectivity index (χ0v) is 9.21. The molecule has 1 N–H and O–H groups in total. The first kappa shape index (κ1) is 9.17. The lowest BCUT2D eigenvalue weighted by atomic mass is 9.77. The molecule has 2 aliphatic heterocycles. The van der Waals surface area contributed by atoms with Gasteiger partial charge in [0.25, 0.3) is 0 Å². The van der Waals surface area contributed by atoms with Crippen LogP contribution in [-0.4, -0.2) is 37.1 Å². The van der Waals surface area contributed by atoms with Gasteiger partial charge in [0, 0.05) is 12.6 Å². The van der Waals surface area contributed by atoms with E-state index in [-0.39, 0.29) is 0 Å². The van der Waals surface area contributed by atoms with Gasteiger partial charge in [-0.25, -0.2) is 0 Å². The van der Waals surface area contributed by atoms with Crippen molar-refractivity contribution in [3.63, 3.8) is 0 Å². The first-order valence-corrected chi connectivity index (χ1v) is 6.29. The number of hydrogen-bond donors (Lipinski definition) is 1. The molecular formula is C12H22N2. The summed E-state index contributed by atoms with van der Waals surface area (Å²) >= 11 is 0. The van der Waals surface area contributed by atoms with Crippen LogP contribution in [0.1, 0.15) is 26.2 Å². The summed E-state index contributed by atoms with van der Waals surface area (Å²) in [4.78, 5) is 2.78. The molecule has 0 bridgehead atoms. The molecule has 14 heavy (non-hydrogen) atoms. The fourth-order valence-electron chi connectivity index (χ4n) is 3.56. The Morgan fingerprint density at radius 3 is 2.64 bits per heavy atom. The Labute approximate surface area is 87.0 Å². The van der Waals surface area contributed by atoms with E-state index >= 15 is 0 Å². The molecule has 1 saturated carbocycles. The summed E-state index contributed by atoms with van der Waals surface area (Å²) < 4.78 is 0. The van der Waals surface area contributed by atoms with Gasteiger partial charge >= 0.3 is 0 Å². The summed E-state index contributed by atoms with van der Waals surface area (Å²) in [5.74, 6) is 2.94. The van der Waals surface area contributed by atoms with Gasteiger partial charge in [0.1, 0.15) is 0 Å². The molecule has 3 fully saturated rings. The predicted octanol–water partition coefficient (Wildman–Crippen LogP) is 1.33. The molecular weight excluding hydrogens is 172 g/mol. The van der Waals surface area contributed by atoms with Crippen molar-refractivity contribution >= 4 is 0 Å². The maximum absolute atomic E-state index is 3.54. The molecule has 0 spiro atoms. The van der Waals surface area contributed by atoms with Crippen molar-refractivity contribution in [2.45, 2.75) is 32.2 Å². The number of hydrogen-bond acceptors (Lipinski definition) is 2. The highest BCUT2D eigenvalue weighted by Crippen LogP contribution is 2.36. The Morgan fingerprint density at radius 2 is 1.93 bits per heavy atom. The van der Waals surface area contributed by atoms with E-state index in [1.165, 1.54) is 45.4 Å². The molecule has 0 aromatic carbocycles. The zero-order valence-electron chi connectivity index (χ0n) is 9.21. The van der Waals surface area contributed by atoms with Gasteiger partial charge in [-0.15, -0.1) is 0 Å². The monoisotopic (exact) mass is 194 g/mol. The molecule has 0 radical (unpaired) electrons. The summed E-state index contributed by atoms with van der Waals surface area (Å²) in [6.45, 7) is 7.75. The standard InChI is InChI=1S/C12H22N2/c1-9-2-3-12(9)14-5-4-10-6-13-7-11(10)8-14/h9-13H,2-8H2,1H3. The largest absolute Gasteiger partial charge is 0.316 e. The number of piperidine rings is 1. The van der Waals surface area contributed by atoms with Crippen LogP contribution in [0.5, 0.6) is 0 Å². The van der Waals surface area contributed by atoms with Crippen molar-refractivity contribution in [1.29, 1.82) is 0 Å². The molecule has 3 rings (SSSR count). The second-order valence-corrected chi connectivity index (χ2v) is 5.58. The van der Waals surface area contributed by atoms with Crippen LogP contribution in [0.2, 0.25) is 0 Å². The van der Waals surface area contributed by atoms with Crippen LogP contribution in [0.4, 0.5) is 0 Å². The van der Waals surface area contributed by atoms with E-state index in [4.69, 9.17) is 0 Å². The van der Waals surface area contributed by atoms with Crippen LogP contribution < -0.4 is 5.32 Å². The molecule has 0 amide bonds. The highest BCUT2D eigenvalue weighted by atomic mass is 15.2. The van der Waals surface area contributed by atoms with Crippen molar-refractivity contribution in [2.75, 3.05) is 26.2 Å². The highest BCUT2D eigenvalue weighted by molar-refractivity contribution is 4.93. The third-order valence-corrected chi connectivity index (χ3v) is 4.78. The van der Waals surface area contributed by atoms with Gasteiger partial charge in [-0.05, 0) is 56.7 Å². The van der Waals surface area contributed by atoms with Crippen LogP contribution in [-0.2, 0) is 0 Å². The fourth-order valence-corrected chi connectivity index (χ4v) is 3.56. The van der Waals surface area contributed by atoms with E-state index in [0.717, 1.165) is 23.8 Å². The molecule has 0 aromatic rings. The van der Waals surface area contributed by atoms with Crippen molar-refractivity contribution in [2.24, 2.45) is 17.8 Å². The Bertz CT molecular complexity index is 216.